The average Bonchev–Trinajstić information content (AvgIpc) is 2.76. The van der Waals surface area contributed by atoms with Crippen molar-refractivity contribution in [3.05, 3.63) is 33.8 Å². The van der Waals surface area contributed by atoms with Gasteiger partial charge in [0, 0.05) is 27.9 Å². The van der Waals surface area contributed by atoms with Gasteiger partial charge >= 0.3 is 0 Å². The molecule has 1 aromatic rings. The SMILES string of the molecule is CSC1CCC(NCc2ccc(Cl)cc2Cl)C1. The topological polar surface area (TPSA) is 12.0 Å². The zero-order valence-electron chi connectivity index (χ0n) is 9.88. The predicted molar refractivity (Wildman–Crippen MR) is 78.2 cm³/mol. The first-order chi connectivity index (χ1) is 8.19. The summed E-state index contributed by atoms with van der Waals surface area (Å²) in [6, 6.07) is 6.33. The number of benzene rings is 1. The molecule has 0 spiro atoms. The molecule has 1 fully saturated rings. The molecule has 17 heavy (non-hydrogen) atoms. The van der Waals surface area contributed by atoms with Gasteiger partial charge in [0.25, 0.3) is 0 Å². The van der Waals surface area contributed by atoms with Crippen LogP contribution in [0.15, 0.2) is 18.2 Å². The largest absolute Gasteiger partial charge is 0.310 e. The van der Waals surface area contributed by atoms with E-state index in [1.165, 1.54) is 19.3 Å². The summed E-state index contributed by atoms with van der Waals surface area (Å²) in [6.45, 7) is 0.835. The molecule has 1 nitrogen and oxygen atoms in total. The van der Waals surface area contributed by atoms with E-state index >= 15 is 0 Å². The molecular formula is C13H17Cl2NS. The standard InChI is InChI=1S/C13H17Cl2NS/c1-17-12-5-4-11(7-12)16-8-9-2-3-10(14)6-13(9)15/h2-3,6,11-12,16H,4-5,7-8H2,1H3. The quantitative estimate of drug-likeness (QED) is 0.884. The third-order valence-electron chi connectivity index (χ3n) is 3.31. The average molecular weight is 290 g/mol. The van der Waals surface area contributed by atoms with Crippen LogP contribution in [-0.2, 0) is 6.54 Å². The van der Waals surface area contributed by atoms with Crippen LogP contribution in [0, 0.1) is 0 Å². The maximum Gasteiger partial charge on any atom is 0.0465 e. The maximum absolute atomic E-state index is 6.14. The monoisotopic (exact) mass is 289 g/mol. The van der Waals surface area contributed by atoms with Crippen LogP contribution < -0.4 is 5.32 Å². The Morgan fingerprint density at radius 2 is 2.18 bits per heavy atom. The number of halogens is 2. The first-order valence-corrected chi connectivity index (χ1v) is 7.93. The molecule has 2 atom stereocenters. The summed E-state index contributed by atoms with van der Waals surface area (Å²) < 4.78 is 0. The summed E-state index contributed by atoms with van der Waals surface area (Å²) in [7, 11) is 0. The lowest BCUT2D eigenvalue weighted by molar-refractivity contribution is 0.525. The van der Waals surface area contributed by atoms with Gasteiger partial charge in [-0.05, 0) is 43.2 Å². The fourth-order valence-electron chi connectivity index (χ4n) is 2.26. The molecular weight excluding hydrogens is 273 g/mol. The van der Waals surface area contributed by atoms with Crippen LogP contribution in [0.4, 0.5) is 0 Å². The Kier molecular flexibility index (Phi) is 5.04. The maximum atomic E-state index is 6.14. The molecule has 0 bridgehead atoms. The van der Waals surface area contributed by atoms with Gasteiger partial charge in [0.2, 0.25) is 0 Å². The molecule has 0 radical (unpaired) electrons. The van der Waals surface area contributed by atoms with E-state index in [0.29, 0.717) is 11.1 Å². The van der Waals surface area contributed by atoms with Crippen molar-refractivity contribution in [2.24, 2.45) is 0 Å². The second-order valence-corrected chi connectivity index (χ2v) is 6.47. The van der Waals surface area contributed by atoms with Crippen LogP contribution in [0.3, 0.4) is 0 Å². The molecule has 2 unspecified atom stereocenters. The molecule has 0 amide bonds. The summed E-state index contributed by atoms with van der Waals surface area (Å²) in [5.74, 6) is 0. The number of thioether (sulfide) groups is 1. The van der Waals surface area contributed by atoms with Gasteiger partial charge in [-0.25, -0.2) is 0 Å². The van der Waals surface area contributed by atoms with Crippen molar-refractivity contribution in [1.82, 2.24) is 5.32 Å². The highest BCUT2D eigenvalue weighted by Crippen LogP contribution is 2.28. The Hall–Kier alpha value is 0.110. The molecule has 0 saturated heterocycles. The second-order valence-electron chi connectivity index (χ2n) is 4.48. The predicted octanol–water partition coefficient (Wildman–Crippen LogP) is 4.37. The van der Waals surface area contributed by atoms with Crippen LogP contribution in [0.25, 0.3) is 0 Å². The fourth-order valence-corrected chi connectivity index (χ4v) is 3.53. The number of hydrogen-bond donors (Lipinski definition) is 1. The van der Waals surface area contributed by atoms with E-state index in [4.69, 9.17) is 23.2 Å². The summed E-state index contributed by atoms with van der Waals surface area (Å²) in [5, 5.41) is 5.86. The van der Waals surface area contributed by atoms with Gasteiger partial charge < -0.3 is 5.32 Å². The number of nitrogens with one attached hydrogen (secondary N) is 1. The first kappa shape index (κ1) is 13.5. The summed E-state index contributed by atoms with van der Waals surface area (Å²) in [5.41, 5.74) is 1.13. The minimum Gasteiger partial charge on any atom is -0.310 e. The Labute approximate surface area is 117 Å². The van der Waals surface area contributed by atoms with E-state index < -0.39 is 0 Å². The van der Waals surface area contributed by atoms with Crippen molar-refractivity contribution in [2.45, 2.75) is 37.1 Å². The van der Waals surface area contributed by atoms with Gasteiger partial charge in [0.05, 0.1) is 0 Å². The molecule has 1 N–H and O–H groups in total. The highest BCUT2D eigenvalue weighted by atomic mass is 35.5. The number of hydrogen-bond acceptors (Lipinski definition) is 2. The lowest BCUT2D eigenvalue weighted by Gasteiger charge is -2.13. The minimum absolute atomic E-state index is 0.638. The van der Waals surface area contributed by atoms with Gasteiger partial charge in [-0.3, -0.25) is 0 Å². The fraction of sp³-hybridized carbons (Fsp3) is 0.538. The lowest BCUT2D eigenvalue weighted by Crippen LogP contribution is -2.26. The molecule has 4 heteroatoms. The van der Waals surface area contributed by atoms with E-state index in [9.17, 15) is 0 Å². The zero-order chi connectivity index (χ0) is 12.3. The van der Waals surface area contributed by atoms with Crippen molar-refractivity contribution in [3.63, 3.8) is 0 Å². The smallest absolute Gasteiger partial charge is 0.0465 e. The van der Waals surface area contributed by atoms with E-state index in [-0.39, 0.29) is 0 Å². The summed E-state index contributed by atoms with van der Waals surface area (Å²) in [6.07, 6.45) is 6.07. The Bertz CT molecular complexity index is 384. The van der Waals surface area contributed by atoms with E-state index in [1.54, 1.807) is 6.07 Å². The van der Waals surface area contributed by atoms with Crippen molar-refractivity contribution in [1.29, 1.82) is 0 Å². The molecule has 0 aliphatic heterocycles. The second kappa shape index (κ2) is 6.33. The highest BCUT2D eigenvalue weighted by Gasteiger charge is 2.23. The van der Waals surface area contributed by atoms with Crippen LogP contribution in [0.1, 0.15) is 24.8 Å². The van der Waals surface area contributed by atoms with Gasteiger partial charge in [0.1, 0.15) is 0 Å². The van der Waals surface area contributed by atoms with Crippen molar-refractivity contribution in [3.8, 4) is 0 Å². The van der Waals surface area contributed by atoms with Crippen LogP contribution in [0.5, 0.6) is 0 Å². The van der Waals surface area contributed by atoms with Crippen molar-refractivity contribution >= 4 is 35.0 Å². The molecule has 1 aromatic carbocycles. The first-order valence-electron chi connectivity index (χ1n) is 5.89. The third kappa shape index (κ3) is 3.78. The zero-order valence-corrected chi connectivity index (χ0v) is 12.2. The molecule has 1 aliphatic rings. The molecule has 94 valence electrons. The van der Waals surface area contributed by atoms with Crippen LogP contribution in [0.2, 0.25) is 10.0 Å². The highest BCUT2D eigenvalue weighted by molar-refractivity contribution is 7.99. The lowest BCUT2D eigenvalue weighted by atomic mass is 10.2. The Morgan fingerprint density at radius 3 is 2.82 bits per heavy atom. The van der Waals surface area contributed by atoms with Crippen molar-refractivity contribution in [2.75, 3.05) is 6.26 Å². The number of rotatable bonds is 4. The van der Waals surface area contributed by atoms with E-state index in [0.717, 1.165) is 22.4 Å². The third-order valence-corrected chi connectivity index (χ3v) is 5.00. The summed E-state index contributed by atoms with van der Waals surface area (Å²) >= 11 is 14.0. The van der Waals surface area contributed by atoms with Gasteiger partial charge in [-0.2, -0.15) is 11.8 Å². The molecule has 0 aromatic heterocycles. The van der Waals surface area contributed by atoms with E-state index in [1.807, 2.05) is 23.9 Å². The van der Waals surface area contributed by atoms with Gasteiger partial charge in [0.15, 0.2) is 0 Å². The molecule has 2 rings (SSSR count). The van der Waals surface area contributed by atoms with Gasteiger partial charge in [-0.15, -0.1) is 0 Å². The molecule has 1 saturated carbocycles. The minimum atomic E-state index is 0.638. The molecule has 0 heterocycles. The Balaban J connectivity index is 1.86. The van der Waals surface area contributed by atoms with Crippen LogP contribution >= 0.6 is 35.0 Å². The van der Waals surface area contributed by atoms with Gasteiger partial charge in [-0.1, -0.05) is 29.3 Å². The Morgan fingerprint density at radius 1 is 1.35 bits per heavy atom. The normalized spacial score (nSPS) is 24.2. The molecule has 1 aliphatic carbocycles. The van der Waals surface area contributed by atoms with E-state index in [2.05, 4.69) is 11.6 Å². The summed E-state index contributed by atoms with van der Waals surface area (Å²) in [4.78, 5) is 0. The van der Waals surface area contributed by atoms with Crippen LogP contribution in [-0.4, -0.2) is 17.5 Å². The van der Waals surface area contributed by atoms with Crippen molar-refractivity contribution < 1.29 is 0 Å².